The third kappa shape index (κ3) is 7.40. The van der Waals surface area contributed by atoms with Crippen molar-refractivity contribution >= 4 is 57.0 Å². The van der Waals surface area contributed by atoms with Crippen LogP contribution in [0.5, 0.6) is 0 Å². The number of benzene rings is 5. The van der Waals surface area contributed by atoms with E-state index in [1.807, 2.05) is 12.1 Å². The first kappa shape index (κ1) is 38.4. The summed E-state index contributed by atoms with van der Waals surface area (Å²) in [5.41, 5.74) is 15.5. The molecule has 0 bridgehead atoms. The van der Waals surface area contributed by atoms with Crippen molar-refractivity contribution in [1.82, 2.24) is 0 Å². The molecule has 1 aliphatic carbocycles. The maximum absolute atomic E-state index is 4.94. The normalized spacial score (nSPS) is 15.2. The van der Waals surface area contributed by atoms with Crippen molar-refractivity contribution in [2.75, 3.05) is 0 Å². The molecule has 0 radical (unpaired) electrons. The van der Waals surface area contributed by atoms with Crippen LogP contribution in [0, 0.1) is 0 Å². The van der Waals surface area contributed by atoms with E-state index in [4.69, 9.17) is 12.6 Å². The molecule has 0 amide bonds. The number of rotatable bonds is 8. The van der Waals surface area contributed by atoms with Gasteiger partial charge in [0.15, 0.2) is 0 Å². The summed E-state index contributed by atoms with van der Waals surface area (Å²) >= 11 is 4.94. The lowest BCUT2D eigenvalue weighted by atomic mass is 9.81. The highest BCUT2D eigenvalue weighted by atomic mass is 32.1. The van der Waals surface area contributed by atoms with E-state index in [9.17, 15) is 0 Å². The summed E-state index contributed by atoms with van der Waals surface area (Å²) in [6.45, 7) is 20.0. The summed E-state index contributed by atoms with van der Waals surface area (Å²) in [6.07, 6.45) is 12.1. The third-order valence-corrected chi connectivity index (χ3v) is 11.7. The van der Waals surface area contributed by atoms with E-state index in [-0.39, 0.29) is 5.41 Å². The van der Waals surface area contributed by atoms with E-state index >= 15 is 0 Å². The lowest BCUT2D eigenvalue weighted by molar-refractivity contribution is 0.660. The molecule has 1 aliphatic rings. The molecule has 276 valence electrons. The lowest BCUT2D eigenvalue weighted by Crippen LogP contribution is -2.15. The Labute approximate surface area is 339 Å². The van der Waals surface area contributed by atoms with Gasteiger partial charge in [0.2, 0.25) is 0 Å². The van der Waals surface area contributed by atoms with Gasteiger partial charge in [-0.15, -0.1) is 12.6 Å². The van der Waals surface area contributed by atoms with E-state index in [0.717, 1.165) is 44.5 Å². The molecule has 0 heterocycles. The maximum atomic E-state index is 4.94. The molecule has 0 aliphatic heterocycles. The first-order valence-electron chi connectivity index (χ1n) is 19.5. The van der Waals surface area contributed by atoms with Crippen LogP contribution in [-0.4, -0.2) is 0 Å². The average molecular weight is 743 g/mol. The van der Waals surface area contributed by atoms with Gasteiger partial charge in [0, 0.05) is 10.3 Å². The highest BCUT2D eigenvalue weighted by Crippen LogP contribution is 2.51. The minimum Gasteiger partial charge on any atom is -0.143 e. The fourth-order valence-corrected chi connectivity index (χ4v) is 8.72. The first-order valence-corrected chi connectivity index (χ1v) is 19.9. The smallest absolute Gasteiger partial charge is 0.0155 e. The molecule has 0 saturated heterocycles. The lowest BCUT2D eigenvalue weighted by Gasteiger charge is -2.22. The molecular formula is C55H50S. The molecule has 0 spiro atoms. The van der Waals surface area contributed by atoms with E-state index in [1.165, 1.54) is 60.7 Å². The summed E-state index contributed by atoms with van der Waals surface area (Å²) in [4.78, 5) is 0.997. The Morgan fingerprint density at radius 3 is 1.95 bits per heavy atom. The van der Waals surface area contributed by atoms with Crippen LogP contribution >= 0.6 is 12.6 Å². The van der Waals surface area contributed by atoms with E-state index in [1.54, 1.807) is 0 Å². The summed E-state index contributed by atoms with van der Waals surface area (Å²) in [5, 5.41) is 4.78. The molecule has 0 fully saturated rings. The third-order valence-electron chi connectivity index (χ3n) is 11.3. The molecule has 6 aromatic carbocycles. The summed E-state index contributed by atoms with van der Waals surface area (Å²) in [5.74, 6) is 0. The van der Waals surface area contributed by atoms with Gasteiger partial charge < -0.3 is 0 Å². The van der Waals surface area contributed by atoms with E-state index in [0.29, 0.717) is 0 Å². The summed E-state index contributed by atoms with van der Waals surface area (Å²) in [7, 11) is 0. The van der Waals surface area contributed by atoms with Gasteiger partial charge in [0.25, 0.3) is 0 Å². The summed E-state index contributed by atoms with van der Waals surface area (Å²) in [6, 6.07) is 49.7. The largest absolute Gasteiger partial charge is 0.143 e. The van der Waals surface area contributed by atoms with Crippen LogP contribution in [0.4, 0.5) is 0 Å². The number of hydrogen-bond acceptors (Lipinski definition) is 1. The minimum atomic E-state index is -0.117. The molecule has 56 heavy (non-hydrogen) atoms. The Bertz CT molecular complexity index is 2690. The Morgan fingerprint density at radius 2 is 1.25 bits per heavy atom. The van der Waals surface area contributed by atoms with Crippen molar-refractivity contribution < 1.29 is 0 Å². The Morgan fingerprint density at radius 1 is 0.679 bits per heavy atom. The van der Waals surface area contributed by atoms with E-state index < -0.39 is 0 Å². The van der Waals surface area contributed by atoms with Gasteiger partial charge in [0.05, 0.1) is 0 Å². The van der Waals surface area contributed by atoms with Crippen LogP contribution in [0.25, 0.3) is 55.5 Å². The molecule has 1 heteroatoms. The second kappa shape index (κ2) is 16.5. The molecule has 0 nitrogen and oxygen atoms in total. The molecule has 0 N–H and O–H groups in total. The van der Waals surface area contributed by atoms with Crippen molar-refractivity contribution in [1.29, 1.82) is 0 Å². The van der Waals surface area contributed by atoms with Gasteiger partial charge in [-0.25, -0.2) is 0 Å². The number of allylic oxidation sites excluding steroid dienone is 8. The van der Waals surface area contributed by atoms with Gasteiger partial charge in [-0.3, -0.25) is 0 Å². The number of fused-ring (bicyclic) bond motifs is 3. The van der Waals surface area contributed by atoms with E-state index in [2.05, 4.69) is 206 Å². The van der Waals surface area contributed by atoms with Gasteiger partial charge in [-0.2, -0.15) is 0 Å². The standard InChI is InChI=1S/C55H50S/c1-8-39(30-31-49-51-34-42-33-50(41-23-14-13-15-24-41)54(56)36-43(42)35-53(51)55(6,7)52(49)10-3)32-37(4)44-25-16-11-12-17-27-46(48-29-21-20-28-47(44)48)38(5)45-26-19-18-22-40(45)9-2/h8-29,31-36,56H,2,5,30H2,1,3-4,6-7H3/b12-11?,16-11?,17-12?,25-16?,27-17?,37-32+,39-8-,44-25?,46-27?,47-44?,48-46?,49-31-,52-10+. The minimum absolute atomic E-state index is 0.117. The van der Waals surface area contributed by atoms with Crippen molar-refractivity contribution in [2.45, 2.75) is 51.3 Å². The SMILES string of the molecule is C=Cc1ccccc1C(=C)c1ccccccc(/C(C)=C/C(=C\C)C/C=C2\C(=C/C)C(C)(C)c3cc4cc(S)c(-c5ccccc5)cc4cc32)c2ccccc12. The van der Waals surface area contributed by atoms with Crippen LogP contribution in [-0.2, 0) is 5.41 Å². The second-order valence-corrected chi connectivity index (χ2v) is 15.5. The Kier molecular flexibility index (Phi) is 11.3. The van der Waals surface area contributed by atoms with Gasteiger partial charge >= 0.3 is 0 Å². The number of hydrogen-bond donors (Lipinski definition) is 1. The van der Waals surface area contributed by atoms with Crippen molar-refractivity contribution in [3.8, 4) is 11.1 Å². The summed E-state index contributed by atoms with van der Waals surface area (Å²) < 4.78 is 0. The van der Waals surface area contributed by atoms with Gasteiger partial charge in [-0.1, -0.05) is 173 Å². The quantitative estimate of drug-likeness (QED) is 0.117. The first-order chi connectivity index (χ1) is 27.2. The highest BCUT2D eigenvalue weighted by Gasteiger charge is 2.37. The average Bonchev–Trinajstić information content (AvgIpc) is 3.43. The molecule has 0 saturated carbocycles. The monoisotopic (exact) mass is 742 g/mol. The second-order valence-electron chi connectivity index (χ2n) is 15.1. The molecule has 0 aromatic heterocycles. The fourth-order valence-electron chi connectivity index (χ4n) is 8.39. The predicted molar refractivity (Wildman–Crippen MR) is 250 cm³/mol. The topological polar surface area (TPSA) is 0 Å². The zero-order valence-electron chi connectivity index (χ0n) is 33.2. The van der Waals surface area contributed by atoms with Crippen LogP contribution in [0.1, 0.15) is 74.4 Å². The van der Waals surface area contributed by atoms with Crippen molar-refractivity contribution in [3.05, 3.63) is 222 Å². The van der Waals surface area contributed by atoms with Gasteiger partial charge in [-0.05, 0) is 145 Å². The zero-order valence-corrected chi connectivity index (χ0v) is 34.1. The van der Waals surface area contributed by atoms with Crippen molar-refractivity contribution in [3.63, 3.8) is 0 Å². The Balaban J connectivity index is 1.31. The highest BCUT2D eigenvalue weighted by molar-refractivity contribution is 7.80. The Hall–Kier alpha value is -5.89. The van der Waals surface area contributed by atoms with Gasteiger partial charge in [0.1, 0.15) is 0 Å². The van der Waals surface area contributed by atoms with Crippen LogP contribution in [0.2, 0.25) is 0 Å². The van der Waals surface area contributed by atoms with Crippen LogP contribution in [0.15, 0.2) is 193 Å². The molecule has 0 unspecified atom stereocenters. The molecular weight excluding hydrogens is 693 g/mol. The maximum Gasteiger partial charge on any atom is 0.0155 e. The fraction of sp³-hybridized carbons (Fsp3) is 0.127. The van der Waals surface area contributed by atoms with Crippen LogP contribution < -0.4 is 0 Å². The molecule has 6 aromatic rings. The number of thiol groups is 1. The van der Waals surface area contributed by atoms with Crippen molar-refractivity contribution in [2.24, 2.45) is 0 Å². The molecule has 7 rings (SSSR count). The zero-order chi connectivity index (χ0) is 39.4. The van der Waals surface area contributed by atoms with Crippen LogP contribution in [0.3, 0.4) is 0 Å². The molecule has 0 atom stereocenters. The predicted octanol–water partition coefficient (Wildman–Crippen LogP) is 15.8.